The molecular weight excluding hydrogens is 385 g/mol. The average molecular weight is 404 g/mol. The third-order valence-electron chi connectivity index (χ3n) is 3.98. The summed E-state index contributed by atoms with van der Waals surface area (Å²) in [6.07, 6.45) is 6.15. The van der Waals surface area contributed by atoms with Gasteiger partial charge in [-0.3, -0.25) is 0 Å². The SMILES string of the molecule is Cl.Cl.Oc1nc(NCCc2ccccc2)[nH]c1C=C1C=Nc2ncccc21. The minimum absolute atomic E-state index is 0. The van der Waals surface area contributed by atoms with Crippen LogP contribution >= 0.6 is 24.8 Å². The quantitative estimate of drug-likeness (QED) is 0.593. The van der Waals surface area contributed by atoms with E-state index in [2.05, 4.69) is 37.4 Å². The maximum Gasteiger partial charge on any atom is 0.238 e. The number of halogens is 2. The lowest BCUT2D eigenvalue weighted by Gasteiger charge is -2.02. The smallest absolute Gasteiger partial charge is 0.238 e. The van der Waals surface area contributed by atoms with Gasteiger partial charge in [0, 0.05) is 30.1 Å². The lowest BCUT2D eigenvalue weighted by molar-refractivity contribution is 0.455. The summed E-state index contributed by atoms with van der Waals surface area (Å²) in [5.74, 6) is 1.19. The van der Waals surface area contributed by atoms with Gasteiger partial charge in [-0.2, -0.15) is 4.98 Å². The minimum atomic E-state index is -0.0412. The molecule has 6 nitrogen and oxygen atoms in total. The highest BCUT2D eigenvalue weighted by Gasteiger charge is 2.14. The summed E-state index contributed by atoms with van der Waals surface area (Å²) in [4.78, 5) is 15.7. The van der Waals surface area contributed by atoms with Crippen molar-refractivity contribution in [2.24, 2.45) is 4.99 Å². The molecule has 27 heavy (non-hydrogen) atoms. The Labute approximate surface area is 169 Å². The Bertz CT molecular complexity index is 954. The lowest BCUT2D eigenvalue weighted by atomic mass is 10.1. The standard InChI is InChI=1S/C19H17N5O.2ClH/c25-18-16(11-14-12-22-17-15(14)7-4-9-20-17)23-19(24-18)21-10-8-13-5-2-1-3-6-13;;/h1-7,9,11-12,25H,8,10H2,(H2,21,23,24);2*1H. The van der Waals surface area contributed by atoms with Gasteiger partial charge in [-0.05, 0) is 30.2 Å². The number of anilines is 1. The second-order valence-corrected chi connectivity index (χ2v) is 5.72. The molecule has 8 heteroatoms. The van der Waals surface area contributed by atoms with Gasteiger partial charge in [0.1, 0.15) is 5.69 Å². The van der Waals surface area contributed by atoms with E-state index in [1.807, 2.05) is 36.4 Å². The van der Waals surface area contributed by atoms with Crippen molar-refractivity contribution >= 4 is 54.4 Å². The van der Waals surface area contributed by atoms with Crippen molar-refractivity contribution in [1.82, 2.24) is 15.0 Å². The van der Waals surface area contributed by atoms with Gasteiger partial charge in [0.15, 0.2) is 5.82 Å². The van der Waals surface area contributed by atoms with Crippen molar-refractivity contribution < 1.29 is 5.11 Å². The third-order valence-corrected chi connectivity index (χ3v) is 3.98. The Morgan fingerprint density at radius 2 is 1.89 bits per heavy atom. The van der Waals surface area contributed by atoms with E-state index in [4.69, 9.17) is 0 Å². The first-order valence-corrected chi connectivity index (χ1v) is 8.07. The van der Waals surface area contributed by atoms with E-state index in [9.17, 15) is 5.11 Å². The molecule has 0 aliphatic carbocycles. The fraction of sp³-hybridized carbons (Fsp3) is 0.105. The molecule has 3 aromatic rings. The molecule has 4 rings (SSSR count). The second-order valence-electron chi connectivity index (χ2n) is 5.72. The van der Waals surface area contributed by atoms with E-state index in [1.54, 1.807) is 12.4 Å². The fourth-order valence-electron chi connectivity index (χ4n) is 2.73. The average Bonchev–Trinajstić information content (AvgIpc) is 3.20. The van der Waals surface area contributed by atoms with Crippen molar-refractivity contribution in [1.29, 1.82) is 0 Å². The van der Waals surface area contributed by atoms with Gasteiger partial charge < -0.3 is 15.4 Å². The van der Waals surface area contributed by atoms with Crippen molar-refractivity contribution in [2.45, 2.75) is 6.42 Å². The Kier molecular flexibility index (Phi) is 6.98. The van der Waals surface area contributed by atoms with Crippen LogP contribution in [-0.4, -0.2) is 32.8 Å². The first-order chi connectivity index (χ1) is 12.3. The predicted octanol–water partition coefficient (Wildman–Crippen LogP) is 4.27. The molecule has 3 heterocycles. The molecule has 0 amide bonds. The normalized spacial score (nSPS) is 13.0. The molecule has 1 aliphatic heterocycles. The van der Waals surface area contributed by atoms with Gasteiger partial charge in [-0.25, -0.2) is 9.98 Å². The summed E-state index contributed by atoms with van der Waals surface area (Å²) in [5.41, 5.74) is 3.62. The molecule has 1 aromatic carbocycles. The van der Waals surface area contributed by atoms with Gasteiger partial charge in [0.05, 0.1) is 0 Å². The molecule has 0 saturated heterocycles. The summed E-state index contributed by atoms with van der Waals surface area (Å²) in [5, 5.41) is 13.3. The monoisotopic (exact) mass is 403 g/mol. The summed E-state index contributed by atoms with van der Waals surface area (Å²) in [6, 6.07) is 14.0. The molecule has 0 spiro atoms. The number of hydrogen-bond acceptors (Lipinski definition) is 5. The number of aromatic nitrogens is 3. The molecule has 0 fully saturated rings. The zero-order valence-electron chi connectivity index (χ0n) is 14.3. The predicted molar refractivity (Wildman–Crippen MR) is 114 cm³/mol. The third kappa shape index (κ3) is 4.67. The van der Waals surface area contributed by atoms with Crippen molar-refractivity contribution in [2.75, 3.05) is 11.9 Å². The largest absolute Gasteiger partial charge is 0.492 e. The Balaban J connectivity index is 0.00000131. The number of hydrogen-bond donors (Lipinski definition) is 3. The molecule has 2 aromatic heterocycles. The number of nitrogens with one attached hydrogen (secondary N) is 2. The van der Waals surface area contributed by atoms with Crippen LogP contribution in [0.2, 0.25) is 0 Å². The van der Waals surface area contributed by atoms with Gasteiger partial charge in [0.2, 0.25) is 11.8 Å². The highest BCUT2D eigenvalue weighted by molar-refractivity contribution is 6.20. The van der Waals surface area contributed by atoms with Gasteiger partial charge >= 0.3 is 0 Å². The Hall–Kier alpha value is -2.83. The second kappa shape index (κ2) is 9.21. The van der Waals surface area contributed by atoms with Crippen molar-refractivity contribution in [3.05, 3.63) is 65.5 Å². The number of H-pyrrole nitrogens is 1. The highest BCUT2D eigenvalue weighted by Crippen LogP contribution is 2.31. The fourth-order valence-corrected chi connectivity index (χ4v) is 2.73. The number of aliphatic imine (C=N–C) groups is 1. The first kappa shape index (κ1) is 20.5. The van der Waals surface area contributed by atoms with Crippen molar-refractivity contribution in [3.63, 3.8) is 0 Å². The van der Waals surface area contributed by atoms with Crippen LogP contribution in [0.25, 0.3) is 11.6 Å². The maximum absolute atomic E-state index is 10.1. The molecular formula is C19H19Cl2N5O. The van der Waals surface area contributed by atoms with Gasteiger partial charge in [0.25, 0.3) is 0 Å². The van der Waals surface area contributed by atoms with Crippen LogP contribution in [0.15, 0.2) is 53.7 Å². The van der Waals surface area contributed by atoms with E-state index in [0.717, 1.165) is 24.1 Å². The van der Waals surface area contributed by atoms with Crippen LogP contribution in [-0.2, 0) is 6.42 Å². The molecule has 0 saturated carbocycles. The number of benzene rings is 1. The Morgan fingerprint density at radius 3 is 2.70 bits per heavy atom. The van der Waals surface area contributed by atoms with Crippen LogP contribution in [0, 0.1) is 0 Å². The molecule has 140 valence electrons. The number of aromatic amines is 1. The van der Waals surface area contributed by atoms with Crippen molar-refractivity contribution in [3.8, 4) is 5.88 Å². The molecule has 0 atom stereocenters. The number of pyridine rings is 1. The zero-order chi connectivity index (χ0) is 17.1. The number of fused-ring (bicyclic) bond motifs is 1. The number of imidazole rings is 1. The van der Waals surface area contributed by atoms with E-state index in [1.165, 1.54) is 5.56 Å². The van der Waals surface area contributed by atoms with E-state index in [0.29, 0.717) is 17.5 Å². The number of rotatable bonds is 5. The van der Waals surface area contributed by atoms with Crippen LogP contribution < -0.4 is 5.32 Å². The molecule has 0 unspecified atom stereocenters. The molecule has 1 aliphatic rings. The summed E-state index contributed by atoms with van der Waals surface area (Å²) in [7, 11) is 0. The van der Waals surface area contributed by atoms with Crippen LogP contribution in [0.4, 0.5) is 11.8 Å². The minimum Gasteiger partial charge on any atom is -0.492 e. The number of nitrogens with zero attached hydrogens (tertiary/aromatic N) is 3. The summed E-state index contributed by atoms with van der Waals surface area (Å²) in [6.45, 7) is 0.723. The Morgan fingerprint density at radius 1 is 1.07 bits per heavy atom. The van der Waals surface area contributed by atoms with E-state index in [-0.39, 0.29) is 30.7 Å². The summed E-state index contributed by atoms with van der Waals surface area (Å²) < 4.78 is 0. The maximum atomic E-state index is 10.1. The molecule has 3 N–H and O–H groups in total. The number of aromatic hydroxyl groups is 1. The van der Waals surface area contributed by atoms with Gasteiger partial charge in [-0.15, -0.1) is 24.8 Å². The van der Waals surface area contributed by atoms with Crippen LogP contribution in [0.3, 0.4) is 0 Å². The zero-order valence-corrected chi connectivity index (χ0v) is 15.9. The van der Waals surface area contributed by atoms with E-state index >= 15 is 0 Å². The van der Waals surface area contributed by atoms with E-state index < -0.39 is 0 Å². The molecule has 0 bridgehead atoms. The van der Waals surface area contributed by atoms with Crippen LogP contribution in [0.5, 0.6) is 5.88 Å². The first-order valence-electron chi connectivity index (χ1n) is 8.07. The van der Waals surface area contributed by atoms with Gasteiger partial charge in [-0.1, -0.05) is 30.3 Å². The van der Waals surface area contributed by atoms with Crippen LogP contribution in [0.1, 0.15) is 16.8 Å². The molecule has 0 radical (unpaired) electrons. The lowest BCUT2D eigenvalue weighted by Crippen LogP contribution is -2.05. The highest BCUT2D eigenvalue weighted by atomic mass is 35.5. The topological polar surface area (TPSA) is 86.2 Å². The number of allylic oxidation sites excluding steroid dienone is 1. The summed E-state index contributed by atoms with van der Waals surface area (Å²) >= 11 is 0.